The second-order valence-electron chi connectivity index (χ2n) is 4.30. The third-order valence-electron chi connectivity index (χ3n) is 2.99. The van der Waals surface area contributed by atoms with E-state index < -0.39 is 0 Å². The highest BCUT2D eigenvalue weighted by Gasteiger charge is 2.13. The van der Waals surface area contributed by atoms with E-state index in [4.69, 9.17) is 0 Å². The zero-order valence-corrected chi connectivity index (χ0v) is 10.7. The zero-order chi connectivity index (χ0) is 13.4. The van der Waals surface area contributed by atoms with Crippen molar-refractivity contribution in [1.29, 1.82) is 0 Å². The molecule has 0 aliphatic carbocycles. The Morgan fingerprint density at radius 3 is 2.58 bits per heavy atom. The van der Waals surface area contributed by atoms with E-state index in [0.717, 1.165) is 5.69 Å². The topological polar surface area (TPSA) is 64.7 Å². The van der Waals surface area contributed by atoms with Gasteiger partial charge in [0.25, 0.3) is 5.56 Å². The van der Waals surface area contributed by atoms with E-state index in [1.54, 1.807) is 25.0 Å². The first-order valence-electron chi connectivity index (χ1n) is 5.88. The van der Waals surface area contributed by atoms with E-state index in [1.165, 1.54) is 4.68 Å². The largest absolute Gasteiger partial charge is 0.338 e. The van der Waals surface area contributed by atoms with Gasteiger partial charge in [0.15, 0.2) is 5.82 Å². The van der Waals surface area contributed by atoms with E-state index in [1.807, 2.05) is 30.3 Å². The summed E-state index contributed by atoms with van der Waals surface area (Å²) in [6.45, 7) is 0. The molecule has 1 N–H and O–H groups in total. The third-order valence-corrected chi connectivity index (χ3v) is 2.99. The quantitative estimate of drug-likeness (QED) is 0.752. The fourth-order valence-electron chi connectivity index (χ4n) is 2.00. The van der Waals surface area contributed by atoms with Crippen molar-refractivity contribution in [2.45, 2.75) is 0 Å². The van der Waals surface area contributed by atoms with Gasteiger partial charge in [0.1, 0.15) is 5.39 Å². The third kappa shape index (κ3) is 1.87. The molecule has 0 radical (unpaired) electrons. The molecule has 3 rings (SSSR count). The van der Waals surface area contributed by atoms with Crippen LogP contribution in [0.5, 0.6) is 0 Å². The average Bonchev–Trinajstić information content (AvgIpc) is 2.72. The van der Waals surface area contributed by atoms with Gasteiger partial charge in [-0.3, -0.25) is 9.48 Å². The normalized spacial score (nSPS) is 10.8. The van der Waals surface area contributed by atoms with Gasteiger partial charge in [0, 0.05) is 19.8 Å². The molecule has 2 heterocycles. The molecule has 0 spiro atoms. The Hall–Kier alpha value is -2.63. The van der Waals surface area contributed by atoms with Crippen LogP contribution < -0.4 is 10.9 Å². The van der Waals surface area contributed by atoms with Crippen LogP contribution in [0.2, 0.25) is 0 Å². The lowest BCUT2D eigenvalue weighted by molar-refractivity contribution is 0.713. The van der Waals surface area contributed by atoms with Crippen molar-refractivity contribution in [3.05, 3.63) is 46.9 Å². The van der Waals surface area contributed by atoms with Gasteiger partial charge in [0.05, 0.1) is 11.7 Å². The van der Waals surface area contributed by atoms with Crippen molar-refractivity contribution >= 4 is 22.4 Å². The molecule has 0 saturated carbocycles. The lowest BCUT2D eigenvalue weighted by Crippen LogP contribution is -2.19. The number of hydrogen-bond acceptors (Lipinski definition) is 4. The number of anilines is 2. The van der Waals surface area contributed by atoms with Crippen LogP contribution in [0.4, 0.5) is 11.5 Å². The molecule has 0 fully saturated rings. The minimum absolute atomic E-state index is 0.163. The molecule has 0 saturated heterocycles. The summed E-state index contributed by atoms with van der Waals surface area (Å²) in [5.41, 5.74) is 1.44. The first kappa shape index (κ1) is 11.5. The highest BCUT2D eigenvalue weighted by atomic mass is 16.1. The Kier molecular flexibility index (Phi) is 2.56. The van der Waals surface area contributed by atoms with Crippen molar-refractivity contribution in [3.63, 3.8) is 0 Å². The molecule has 0 aliphatic rings. The smallest absolute Gasteiger partial charge is 0.279 e. The standard InChI is InChI=1S/C13H13N5O/c1-17-10-8-14-18(2)13(19)11(10)12(16-17)15-9-6-4-3-5-7-9/h3-8H,1-2H3,(H,15,16). The monoisotopic (exact) mass is 255 g/mol. The summed E-state index contributed by atoms with van der Waals surface area (Å²) in [4.78, 5) is 12.2. The first-order chi connectivity index (χ1) is 9.16. The Morgan fingerprint density at radius 2 is 1.84 bits per heavy atom. The van der Waals surface area contributed by atoms with Crippen LogP contribution in [-0.4, -0.2) is 19.6 Å². The SMILES string of the molecule is Cn1ncc2c(c(Nc3ccccc3)nn2C)c1=O. The van der Waals surface area contributed by atoms with E-state index in [9.17, 15) is 4.79 Å². The molecule has 2 aromatic heterocycles. The molecule has 6 heteroatoms. The number of nitrogens with one attached hydrogen (secondary N) is 1. The van der Waals surface area contributed by atoms with Gasteiger partial charge in [-0.25, -0.2) is 4.68 Å². The molecule has 0 aliphatic heterocycles. The first-order valence-corrected chi connectivity index (χ1v) is 5.88. The number of benzene rings is 1. The molecule has 1 aromatic carbocycles. The number of aryl methyl sites for hydroxylation is 2. The lowest BCUT2D eigenvalue weighted by Gasteiger charge is -2.02. The maximum atomic E-state index is 12.2. The molecule has 0 unspecified atom stereocenters. The lowest BCUT2D eigenvalue weighted by atomic mass is 10.3. The van der Waals surface area contributed by atoms with Gasteiger partial charge >= 0.3 is 0 Å². The second kappa shape index (κ2) is 4.24. The van der Waals surface area contributed by atoms with Crippen LogP contribution in [0, 0.1) is 0 Å². The summed E-state index contributed by atoms with van der Waals surface area (Å²) in [5.74, 6) is 0.548. The number of aromatic nitrogens is 4. The summed E-state index contributed by atoms with van der Waals surface area (Å²) >= 11 is 0. The fraction of sp³-hybridized carbons (Fsp3) is 0.154. The zero-order valence-electron chi connectivity index (χ0n) is 10.7. The number of rotatable bonds is 2. The van der Waals surface area contributed by atoms with Crippen LogP contribution in [0.25, 0.3) is 10.9 Å². The minimum Gasteiger partial charge on any atom is -0.338 e. The van der Waals surface area contributed by atoms with E-state index >= 15 is 0 Å². The molecule has 96 valence electrons. The van der Waals surface area contributed by atoms with Crippen LogP contribution in [-0.2, 0) is 14.1 Å². The Morgan fingerprint density at radius 1 is 1.11 bits per heavy atom. The summed E-state index contributed by atoms with van der Waals surface area (Å²) in [6.07, 6.45) is 1.64. The maximum Gasteiger partial charge on any atom is 0.279 e. The van der Waals surface area contributed by atoms with Gasteiger partial charge in [-0.2, -0.15) is 10.2 Å². The van der Waals surface area contributed by atoms with E-state index in [2.05, 4.69) is 15.5 Å². The summed E-state index contributed by atoms with van der Waals surface area (Å²) in [5, 5.41) is 12.1. The molecular formula is C13H13N5O. The summed E-state index contributed by atoms with van der Waals surface area (Å²) < 4.78 is 2.95. The molecule has 6 nitrogen and oxygen atoms in total. The molecule has 0 bridgehead atoms. The van der Waals surface area contributed by atoms with E-state index in [-0.39, 0.29) is 5.56 Å². The van der Waals surface area contributed by atoms with Crippen molar-refractivity contribution < 1.29 is 0 Å². The second-order valence-corrected chi connectivity index (χ2v) is 4.30. The van der Waals surface area contributed by atoms with Gasteiger partial charge in [0.2, 0.25) is 0 Å². The molecule has 19 heavy (non-hydrogen) atoms. The Labute approximate surface area is 109 Å². The van der Waals surface area contributed by atoms with Gasteiger partial charge in [-0.1, -0.05) is 18.2 Å². The van der Waals surface area contributed by atoms with Crippen LogP contribution in [0.15, 0.2) is 41.3 Å². The summed E-state index contributed by atoms with van der Waals surface area (Å²) in [7, 11) is 3.42. The maximum absolute atomic E-state index is 12.2. The number of fused-ring (bicyclic) bond motifs is 1. The number of nitrogens with zero attached hydrogens (tertiary/aromatic N) is 4. The Balaban J connectivity index is 2.19. The fourth-order valence-corrected chi connectivity index (χ4v) is 2.00. The van der Waals surface area contributed by atoms with E-state index in [0.29, 0.717) is 16.7 Å². The van der Waals surface area contributed by atoms with Crippen molar-refractivity contribution in [2.75, 3.05) is 5.32 Å². The summed E-state index contributed by atoms with van der Waals surface area (Å²) in [6, 6.07) is 9.63. The average molecular weight is 255 g/mol. The van der Waals surface area contributed by atoms with Crippen LogP contribution in [0.1, 0.15) is 0 Å². The minimum atomic E-state index is -0.163. The predicted molar refractivity (Wildman–Crippen MR) is 73.5 cm³/mol. The number of para-hydroxylation sites is 1. The predicted octanol–water partition coefficient (Wildman–Crippen LogP) is 1.41. The van der Waals surface area contributed by atoms with Crippen molar-refractivity contribution in [3.8, 4) is 0 Å². The van der Waals surface area contributed by atoms with Gasteiger partial charge < -0.3 is 5.32 Å². The highest BCUT2D eigenvalue weighted by Crippen LogP contribution is 2.21. The van der Waals surface area contributed by atoms with Crippen LogP contribution >= 0.6 is 0 Å². The molecule has 0 amide bonds. The van der Waals surface area contributed by atoms with Crippen LogP contribution in [0.3, 0.4) is 0 Å². The van der Waals surface area contributed by atoms with Gasteiger partial charge in [-0.05, 0) is 12.1 Å². The number of hydrogen-bond donors (Lipinski definition) is 1. The van der Waals surface area contributed by atoms with Crippen molar-refractivity contribution in [2.24, 2.45) is 14.1 Å². The highest BCUT2D eigenvalue weighted by molar-refractivity contribution is 5.90. The molecule has 0 atom stereocenters. The van der Waals surface area contributed by atoms with Gasteiger partial charge in [-0.15, -0.1) is 0 Å². The Bertz CT molecular complexity index is 788. The molecule has 3 aromatic rings. The van der Waals surface area contributed by atoms with Crippen molar-refractivity contribution in [1.82, 2.24) is 19.6 Å². The molecular weight excluding hydrogens is 242 g/mol.